The number of fused-ring (bicyclic) bond motifs is 16. The summed E-state index contributed by atoms with van der Waals surface area (Å²) < 4.78 is 0. The molecule has 2 aromatic carbocycles. The highest BCUT2D eigenvalue weighted by molar-refractivity contribution is 5.70. The van der Waals surface area contributed by atoms with Crippen LogP contribution in [-0.4, -0.2) is 72.5 Å². The molecule has 0 radical (unpaired) electrons. The molecule has 8 heteroatoms. The molecule has 42 heavy (non-hydrogen) atoms. The van der Waals surface area contributed by atoms with Crippen molar-refractivity contribution in [1.82, 2.24) is 19.6 Å². The fourth-order valence-electron chi connectivity index (χ4n) is 6.92. The van der Waals surface area contributed by atoms with Crippen LogP contribution >= 0.6 is 0 Å². The molecule has 5 aliphatic heterocycles. The number of aryl methyl sites for hydroxylation is 4. The molecule has 220 valence electrons. The van der Waals surface area contributed by atoms with Crippen molar-refractivity contribution in [2.45, 2.75) is 40.5 Å². The number of anilines is 4. The van der Waals surface area contributed by atoms with Gasteiger partial charge >= 0.3 is 0 Å². The van der Waals surface area contributed by atoms with E-state index in [2.05, 4.69) is 141 Å². The summed E-state index contributed by atoms with van der Waals surface area (Å²) in [5.74, 6) is 0. The van der Waals surface area contributed by atoms with E-state index in [1.165, 1.54) is 45.0 Å². The maximum atomic E-state index is 2.44. The molecule has 0 amide bonds. The van der Waals surface area contributed by atoms with E-state index in [-0.39, 0.29) is 0 Å². The molecule has 7 rings (SSSR count). The van der Waals surface area contributed by atoms with E-state index in [1.54, 1.807) is 0 Å². The molecule has 12 bridgehead atoms. The Labute approximate surface area is 251 Å². The molecule has 0 N–H and O–H groups in total. The third kappa shape index (κ3) is 5.14. The zero-order valence-electron chi connectivity index (χ0n) is 25.6. The second-order valence-electron chi connectivity index (χ2n) is 12.4. The van der Waals surface area contributed by atoms with Crippen LogP contribution in [0.4, 0.5) is 22.7 Å². The van der Waals surface area contributed by atoms with Gasteiger partial charge in [0.25, 0.3) is 0 Å². The fraction of sp³-hybridized carbons (Fsp3) is 0.412. The monoisotopic (exact) mass is 564 g/mol. The molecule has 0 saturated carbocycles. The van der Waals surface area contributed by atoms with Gasteiger partial charge in [0.1, 0.15) is 0 Å². The first-order valence-corrected chi connectivity index (χ1v) is 15.4. The molecule has 8 nitrogen and oxygen atoms in total. The third-order valence-electron chi connectivity index (χ3n) is 9.21. The molecule has 0 fully saturated rings. The predicted molar refractivity (Wildman–Crippen MR) is 174 cm³/mol. The van der Waals surface area contributed by atoms with E-state index in [0.29, 0.717) is 0 Å². The summed E-state index contributed by atoms with van der Waals surface area (Å²) in [4.78, 5) is 19.4. The minimum Gasteiger partial charge on any atom is -0.358 e. The average molecular weight is 565 g/mol. The van der Waals surface area contributed by atoms with E-state index in [9.17, 15) is 0 Å². The van der Waals surface area contributed by atoms with Crippen LogP contribution in [0.5, 0.6) is 0 Å². The first kappa shape index (κ1) is 26.7. The average Bonchev–Trinajstić information content (AvgIpc) is 3.77. The van der Waals surface area contributed by atoms with Gasteiger partial charge in [-0.05, 0) is 74.9 Å². The fourth-order valence-corrected chi connectivity index (χ4v) is 6.92. The summed E-state index contributed by atoms with van der Waals surface area (Å²) in [5, 5.41) is 0. The highest BCUT2D eigenvalue weighted by atomic mass is 15.4. The minimum atomic E-state index is 0.902. The van der Waals surface area contributed by atoms with Gasteiger partial charge in [-0.2, -0.15) is 0 Å². The lowest BCUT2D eigenvalue weighted by atomic mass is 10.1. The Balaban J connectivity index is 1.11. The number of hydrogen-bond acceptors (Lipinski definition) is 8. The Morgan fingerprint density at radius 2 is 0.619 bits per heavy atom. The Morgan fingerprint density at radius 3 is 0.881 bits per heavy atom. The molecule has 2 aromatic rings. The van der Waals surface area contributed by atoms with Crippen LogP contribution < -0.4 is 19.6 Å². The molecule has 0 atom stereocenters. The van der Waals surface area contributed by atoms with E-state index in [1.807, 2.05) is 0 Å². The van der Waals surface area contributed by atoms with E-state index in [0.717, 1.165) is 65.7 Å². The Kier molecular flexibility index (Phi) is 6.92. The largest absolute Gasteiger partial charge is 0.358 e. The van der Waals surface area contributed by atoms with Gasteiger partial charge < -0.3 is 39.2 Å². The summed E-state index contributed by atoms with van der Waals surface area (Å²) in [6.07, 6.45) is 20.3. The van der Waals surface area contributed by atoms with Crippen LogP contribution in [0, 0.1) is 27.7 Å². The second-order valence-corrected chi connectivity index (χ2v) is 12.4. The lowest BCUT2D eigenvalue weighted by molar-refractivity contribution is 0.340. The minimum absolute atomic E-state index is 0.902. The van der Waals surface area contributed by atoms with Gasteiger partial charge in [-0.3, -0.25) is 0 Å². The van der Waals surface area contributed by atoms with Crippen molar-refractivity contribution in [2.24, 2.45) is 0 Å². The molecule has 5 heterocycles. The molecule has 0 aromatic heterocycles. The zero-order chi connectivity index (χ0) is 28.8. The van der Waals surface area contributed by atoms with Crippen molar-refractivity contribution >= 4 is 22.7 Å². The summed E-state index contributed by atoms with van der Waals surface area (Å²) >= 11 is 0. The summed E-state index contributed by atoms with van der Waals surface area (Å²) in [6, 6.07) is 9.46. The van der Waals surface area contributed by atoms with Crippen molar-refractivity contribution in [2.75, 3.05) is 72.5 Å². The van der Waals surface area contributed by atoms with Crippen molar-refractivity contribution in [1.29, 1.82) is 0 Å². The molecule has 0 unspecified atom stereocenters. The summed E-state index contributed by atoms with van der Waals surface area (Å²) in [5.41, 5.74) is 10.5. The zero-order valence-corrected chi connectivity index (χ0v) is 25.6. The maximum absolute atomic E-state index is 2.44. The molecule has 0 aliphatic carbocycles. The number of hydrogen-bond donors (Lipinski definition) is 0. The van der Waals surface area contributed by atoms with Gasteiger partial charge in [-0.1, -0.05) is 12.1 Å². The Bertz CT molecular complexity index is 1250. The van der Waals surface area contributed by atoms with Gasteiger partial charge in [0.2, 0.25) is 0 Å². The first-order chi connectivity index (χ1) is 20.4. The van der Waals surface area contributed by atoms with E-state index in [4.69, 9.17) is 0 Å². The number of rotatable bonds is 0. The van der Waals surface area contributed by atoms with Crippen LogP contribution in [0.1, 0.15) is 35.1 Å². The van der Waals surface area contributed by atoms with Gasteiger partial charge in [0.15, 0.2) is 0 Å². The third-order valence-corrected chi connectivity index (χ3v) is 9.21. The lowest BCUT2D eigenvalue weighted by Gasteiger charge is -2.29. The summed E-state index contributed by atoms with van der Waals surface area (Å²) in [7, 11) is 0. The molecule has 0 saturated heterocycles. The quantitative estimate of drug-likeness (QED) is 0.407. The molecule has 0 spiro atoms. The van der Waals surface area contributed by atoms with Crippen LogP contribution in [0.15, 0.2) is 73.9 Å². The second kappa shape index (κ2) is 10.9. The van der Waals surface area contributed by atoms with Gasteiger partial charge in [0.05, 0.1) is 26.7 Å². The van der Waals surface area contributed by atoms with Crippen LogP contribution in [0.2, 0.25) is 0 Å². The first-order valence-electron chi connectivity index (χ1n) is 15.4. The van der Waals surface area contributed by atoms with E-state index >= 15 is 0 Å². The maximum Gasteiger partial charge on any atom is 0.0942 e. The molecular weight excluding hydrogens is 520 g/mol. The van der Waals surface area contributed by atoms with Crippen molar-refractivity contribution in [3.63, 3.8) is 0 Å². The predicted octanol–water partition coefficient (Wildman–Crippen LogP) is 5.62. The molecule has 5 aliphatic rings. The van der Waals surface area contributed by atoms with Gasteiger partial charge in [0, 0.05) is 98.5 Å². The highest BCUT2D eigenvalue weighted by Gasteiger charge is 2.23. The van der Waals surface area contributed by atoms with E-state index < -0.39 is 0 Å². The Hall–Kier alpha value is -4.20. The molecular formula is C34H44N8. The van der Waals surface area contributed by atoms with Crippen LogP contribution in [-0.2, 0) is 0 Å². The SMILES string of the molecule is Cc1cc(C)c2cc1N1C=CN(CCCN3C=CN(C3)c3cc(c(C)cc3C)N3C=CN(CCCN4C=CN2C4)C3)C1. The lowest BCUT2D eigenvalue weighted by Crippen LogP contribution is -2.31. The standard InChI is InChI=1S/C34H44N8/c1-27-19-28(2)32-21-31(27)39-15-11-35(23-39)7-5-8-37-13-17-41(25-37)33-22-34(30(4)20-29(33)3)42-18-14-38(26-42)10-6-9-36-12-16-40(32)24-36/h11-22H,5-10,23-26H2,1-4H3. The Morgan fingerprint density at radius 1 is 0.357 bits per heavy atom. The van der Waals surface area contributed by atoms with Crippen molar-refractivity contribution in [3.8, 4) is 0 Å². The van der Waals surface area contributed by atoms with Crippen LogP contribution in [0.3, 0.4) is 0 Å². The highest BCUT2D eigenvalue weighted by Crippen LogP contribution is 2.35. The van der Waals surface area contributed by atoms with Crippen molar-refractivity contribution < 1.29 is 0 Å². The smallest absolute Gasteiger partial charge is 0.0942 e. The summed E-state index contributed by atoms with van der Waals surface area (Å²) in [6.45, 7) is 16.7. The van der Waals surface area contributed by atoms with Gasteiger partial charge in [-0.25, -0.2) is 0 Å². The van der Waals surface area contributed by atoms with Gasteiger partial charge in [-0.15, -0.1) is 0 Å². The normalized spacial score (nSPS) is 20.1. The number of benzene rings is 2. The topological polar surface area (TPSA) is 25.9 Å². The number of nitrogens with zero attached hydrogens (tertiary/aromatic N) is 8. The van der Waals surface area contributed by atoms with Crippen molar-refractivity contribution in [3.05, 3.63) is 96.1 Å². The van der Waals surface area contributed by atoms with Crippen LogP contribution in [0.25, 0.3) is 0 Å².